The lowest BCUT2D eigenvalue weighted by molar-refractivity contribution is -0.134. The van der Waals surface area contributed by atoms with Crippen molar-refractivity contribution < 1.29 is 19.7 Å². The summed E-state index contributed by atoms with van der Waals surface area (Å²) in [5, 5.41) is 26.6. The van der Waals surface area contributed by atoms with Crippen LogP contribution in [0.2, 0.25) is 0 Å². The predicted molar refractivity (Wildman–Crippen MR) is 78.4 cm³/mol. The molecular weight excluding hydrogens is 286 g/mol. The molecule has 7 heteroatoms. The van der Waals surface area contributed by atoms with E-state index in [1.54, 1.807) is 17.0 Å². The van der Waals surface area contributed by atoms with Gasteiger partial charge >= 0.3 is 0 Å². The number of rotatable bonds is 3. The van der Waals surface area contributed by atoms with Gasteiger partial charge in [0.25, 0.3) is 0 Å². The normalized spacial score (nSPS) is 23.0. The SMILES string of the molecule is CC1(C2CN(C(=O)/C=C/c3ccc(O)c(O)c3)CCO2)N=N1. The van der Waals surface area contributed by atoms with Crippen LogP contribution in [-0.4, -0.2) is 52.5 Å². The van der Waals surface area contributed by atoms with Gasteiger partial charge in [-0.25, -0.2) is 0 Å². The zero-order valence-electron chi connectivity index (χ0n) is 12.1. The minimum Gasteiger partial charge on any atom is -0.504 e. The highest BCUT2D eigenvalue weighted by molar-refractivity contribution is 5.92. The van der Waals surface area contributed by atoms with E-state index in [0.717, 1.165) is 0 Å². The molecule has 7 nitrogen and oxygen atoms in total. The Labute approximate surface area is 127 Å². The molecule has 1 atom stereocenters. The van der Waals surface area contributed by atoms with Crippen LogP contribution in [-0.2, 0) is 9.53 Å². The summed E-state index contributed by atoms with van der Waals surface area (Å²) in [6.07, 6.45) is 2.84. The van der Waals surface area contributed by atoms with Crippen molar-refractivity contribution in [3.63, 3.8) is 0 Å². The lowest BCUT2D eigenvalue weighted by atomic mass is 10.1. The van der Waals surface area contributed by atoms with E-state index in [2.05, 4.69) is 10.2 Å². The summed E-state index contributed by atoms with van der Waals surface area (Å²) < 4.78 is 5.61. The van der Waals surface area contributed by atoms with E-state index in [-0.39, 0.29) is 23.5 Å². The highest BCUT2D eigenvalue weighted by Gasteiger charge is 2.46. The van der Waals surface area contributed by atoms with Crippen molar-refractivity contribution in [2.24, 2.45) is 10.2 Å². The summed E-state index contributed by atoms with van der Waals surface area (Å²) >= 11 is 0. The van der Waals surface area contributed by atoms with E-state index in [1.165, 1.54) is 18.2 Å². The lowest BCUT2D eigenvalue weighted by Crippen LogP contribution is -2.50. The van der Waals surface area contributed by atoms with Crippen molar-refractivity contribution in [2.45, 2.75) is 18.7 Å². The second-order valence-electron chi connectivity index (χ2n) is 5.52. The summed E-state index contributed by atoms with van der Waals surface area (Å²) in [7, 11) is 0. The number of carbonyl (C=O) groups excluding carboxylic acids is 1. The van der Waals surface area contributed by atoms with Gasteiger partial charge in [-0.15, -0.1) is 0 Å². The van der Waals surface area contributed by atoms with Crippen molar-refractivity contribution in [3.8, 4) is 11.5 Å². The summed E-state index contributed by atoms with van der Waals surface area (Å²) in [5.41, 5.74) is 0.124. The minimum absolute atomic E-state index is 0.134. The number of hydrogen-bond acceptors (Lipinski definition) is 6. The molecule has 1 fully saturated rings. The molecule has 2 N–H and O–H groups in total. The van der Waals surface area contributed by atoms with Crippen LogP contribution in [0.3, 0.4) is 0 Å². The van der Waals surface area contributed by atoms with Crippen molar-refractivity contribution in [1.82, 2.24) is 4.90 Å². The fourth-order valence-electron chi connectivity index (χ4n) is 2.30. The highest BCUT2D eigenvalue weighted by atomic mass is 16.5. The summed E-state index contributed by atoms with van der Waals surface area (Å²) in [6.45, 7) is 3.32. The molecule has 0 bridgehead atoms. The maximum absolute atomic E-state index is 12.2. The summed E-state index contributed by atoms with van der Waals surface area (Å²) in [5.74, 6) is -0.541. The number of nitrogens with zero attached hydrogens (tertiary/aromatic N) is 3. The first-order valence-electron chi connectivity index (χ1n) is 7.02. The van der Waals surface area contributed by atoms with Gasteiger partial charge in [-0.05, 0) is 30.7 Å². The van der Waals surface area contributed by atoms with Crippen molar-refractivity contribution in [1.29, 1.82) is 0 Å². The minimum atomic E-state index is -0.509. The van der Waals surface area contributed by atoms with E-state index in [0.29, 0.717) is 25.3 Å². The van der Waals surface area contributed by atoms with Gasteiger partial charge in [0.2, 0.25) is 11.6 Å². The molecule has 1 unspecified atom stereocenters. The van der Waals surface area contributed by atoms with Crippen LogP contribution < -0.4 is 0 Å². The van der Waals surface area contributed by atoms with E-state index < -0.39 is 5.66 Å². The fourth-order valence-corrected chi connectivity index (χ4v) is 2.30. The fraction of sp³-hybridized carbons (Fsp3) is 0.400. The van der Waals surface area contributed by atoms with Crippen LogP contribution in [0.5, 0.6) is 11.5 Å². The van der Waals surface area contributed by atoms with Crippen molar-refractivity contribution >= 4 is 12.0 Å². The van der Waals surface area contributed by atoms with Crippen molar-refractivity contribution in [2.75, 3.05) is 19.7 Å². The Kier molecular flexibility index (Phi) is 3.58. The third kappa shape index (κ3) is 2.94. The van der Waals surface area contributed by atoms with Crippen LogP contribution >= 0.6 is 0 Å². The average Bonchev–Trinajstić information content (AvgIpc) is 3.27. The number of morpholine rings is 1. The van der Waals surface area contributed by atoms with Gasteiger partial charge in [-0.2, -0.15) is 10.2 Å². The number of hydrogen-bond donors (Lipinski definition) is 2. The molecule has 1 amide bonds. The number of carbonyl (C=O) groups is 1. The number of aromatic hydroxyl groups is 2. The topological polar surface area (TPSA) is 94.7 Å². The van der Waals surface area contributed by atoms with Gasteiger partial charge in [-0.3, -0.25) is 4.79 Å². The molecule has 2 heterocycles. The monoisotopic (exact) mass is 303 g/mol. The Balaban J connectivity index is 1.63. The molecule has 1 saturated heterocycles. The van der Waals surface area contributed by atoms with Crippen LogP contribution in [0.4, 0.5) is 0 Å². The van der Waals surface area contributed by atoms with Crippen molar-refractivity contribution in [3.05, 3.63) is 29.8 Å². The quantitative estimate of drug-likeness (QED) is 0.654. The Morgan fingerprint density at radius 2 is 2.18 bits per heavy atom. The molecule has 3 rings (SSSR count). The molecule has 116 valence electrons. The molecule has 2 aliphatic rings. The molecule has 22 heavy (non-hydrogen) atoms. The Hall–Kier alpha value is -2.41. The second kappa shape index (κ2) is 5.42. The number of phenolic OH excluding ortho intramolecular Hbond substituents is 2. The first kappa shape index (κ1) is 14.5. The van der Waals surface area contributed by atoms with Crippen LogP contribution in [0, 0.1) is 0 Å². The molecule has 0 aromatic heterocycles. The smallest absolute Gasteiger partial charge is 0.246 e. The number of ether oxygens (including phenoxy) is 1. The van der Waals surface area contributed by atoms with Crippen LogP contribution in [0.15, 0.2) is 34.5 Å². The lowest BCUT2D eigenvalue weighted by Gasteiger charge is -2.33. The largest absolute Gasteiger partial charge is 0.504 e. The van der Waals surface area contributed by atoms with E-state index in [1.807, 2.05) is 6.92 Å². The first-order valence-corrected chi connectivity index (χ1v) is 7.02. The Morgan fingerprint density at radius 1 is 1.41 bits per heavy atom. The molecule has 1 aromatic rings. The van der Waals surface area contributed by atoms with Crippen LogP contribution in [0.25, 0.3) is 6.08 Å². The van der Waals surface area contributed by atoms with Gasteiger partial charge in [0.05, 0.1) is 13.2 Å². The molecule has 0 saturated carbocycles. The van der Waals surface area contributed by atoms with E-state index >= 15 is 0 Å². The van der Waals surface area contributed by atoms with E-state index in [4.69, 9.17) is 4.74 Å². The maximum Gasteiger partial charge on any atom is 0.246 e. The predicted octanol–water partition coefficient (Wildman–Crippen LogP) is 1.52. The highest BCUT2D eigenvalue weighted by Crippen LogP contribution is 2.34. The number of phenols is 2. The van der Waals surface area contributed by atoms with Gasteiger partial charge in [0.15, 0.2) is 11.5 Å². The summed E-state index contributed by atoms with van der Waals surface area (Å²) in [6, 6.07) is 4.38. The molecular formula is C15H17N3O4. The summed E-state index contributed by atoms with van der Waals surface area (Å²) in [4.78, 5) is 13.9. The van der Waals surface area contributed by atoms with Gasteiger partial charge < -0.3 is 19.8 Å². The van der Waals surface area contributed by atoms with Crippen LogP contribution in [0.1, 0.15) is 12.5 Å². The second-order valence-corrected chi connectivity index (χ2v) is 5.52. The van der Waals surface area contributed by atoms with Gasteiger partial charge in [-0.1, -0.05) is 6.07 Å². The Morgan fingerprint density at radius 3 is 2.86 bits per heavy atom. The molecule has 0 aliphatic carbocycles. The van der Waals surface area contributed by atoms with E-state index in [9.17, 15) is 15.0 Å². The standard InChI is InChI=1S/C15H17N3O4/c1-15(16-17-15)13-9-18(6-7-22-13)14(21)5-3-10-2-4-11(19)12(20)8-10/h2-5,8,13,19-20H,6-7,9H2,1H3/b5-3+. The maximum atomic E-state index is 12.2. The first-order chi connectivity index (χ1) is 10.5. The van der Waals surface area contributed by atoms with Gasteiger partial charge in [0, 0.05) is 12.6 Å². The third-order valence-electron chi connectivity index (χ3n) is 3.82. The number of amides is 1. The Bertz CT molecular complexity index is 650. The van der Waals surface area contributed by atoms with Gasteiger partial charge in [0.1, 0.15) is 6.10 Å². The molecule has 0 spiro atoms. The zero-order valence-corrected chi connectivity index (χ0v) is 12.1. The zero-order chi connectivity index (χ0) is 15.7. The average molecular weight is 303 g/mol. The molecule has 2 aliphatic heterocycles. The third-order valence-corrected chi connectivity index (χ3v) is 3.82. The molecule has 0 radical (unpaired) electrons. The number of benzene rings is 1. The molecule has 1 aromatic carbocycles.